The summed E-state index contributed by atoms with van der Waals surface area (Å²) in [7, 11) is 0. The number of carbonyl (C=O) groups is 1. The van der Waals surface area contributed by atoms with Crippen molar-refractivity contribution in [2.75, 3.05) is 0 Å². The minimum Gasteiger partial charge on any atom is -0.365 e. The van der Waals surface area contributed by atoms with E-state index in [-0.39, 0.29) is 5.91 Å². The van der Waals surface area contributed by atoms with Gasteiger partial charge in [-0.15, -0.1) is 11.3 Å². The van der Waals surface area contributed by atoms with E-state index in [9.17, 15) is 4.79 Å². The van der Waals surface area contributed by atoms with E-state index in [0.29, 0.717) is 0 Å². The molecule has 1 rings (SSSR count). The van der Waals surface area contributed by atoms with Gasteiger partial charge in [-0.3, -0.25) is 4.79 Å². The molecule has 102 valence electrons. The molecular formula is C15H25NOS. The van der Waals surface area contributed by atoms with Gasteiger partial charge in [0.2, 0.25) is 0 Å². The Bertz CT molecular complexity index is 343. The number of nitrogens with two attached hydrogens (primary N) is 1. The summed E-state index contributed by atoms with van der Waals surface area (Å²) in [6.45, 7) is 4.43. The van der Waals surface area contributed by atoms with Crippen molar-refractivity contribution in [3.05, 3.63) is 21.4 Å². The van der Waals surface area contributed by atoms with Crippen LogP contribution in [0.3, 0.4) is 0 Å². The Labute approximate surface area is 115 Å². The van der Waals surface area contributed by atoms with E-state index in [1.165, 1.54) is 49.0 Å². The van der Waals surface area contributed by atoms with Crippen LogP contribution in [0, 0.1) is 0 Å². The maximum Gasteiger partial charge on any atom is 0.258 e. The van der Waals surface area contributed by atoms with E-state index in [0.717, 1.165) is 17.7 Å². The lowest BCUT2D eigenvalue weighted by Crippen LogP contribution is -2.08. The Balaban J connectivity index is 2.67. The molecule has 2 nitrogen and oxygen atoms in total. The van der Waals surface area contributed by atoms with Gasteiger partial charge in [-0.2, -0.15) is 0 Å². The molecule has 0 saturated heterocycles. The molecule has 0 atom stereocenters. The SMILES string of the molecule is CCCCCc1cc(C(N)=O)sc1CCCCC. The van der Waals surface area contributed by atoms with E-state index < -0.39 is 0 Å². The van der Waals surface area contributed by atoms with Crippen LogP contribution in [0.1, 0.15) is 72.5 Å². The maximum atomic E-state index is 11.3. The highest BCUT2D eigenvalue weighted by Crippen LogP contribution is 2.26. The molecule has 0 bridgehead atoms. The number of aryl methyl sites for hydroxylation is 2. The number of hydrogen-bond donors (Lipinski definition) is 1. The summed E-state index contributed by atoms with van der Waals surface area (Å²) in [6.07, 6.45) is 9.63. The molecule has 18 heavy (non-hydrogen) atoms. The number of amides is 1. The molecular weight excluding hydrogens is 242 g/mol. The van der Waals surface area contributed by atoms with Gasteiger partial charge in [-0.05, 0) is 37.3 Å². The normalized spacial score (nSPS) is 10.8. The van der Waals surface area contributed by atoms with Gasteiger partial charge in [0.15, 0.2) is 0 Å². The fraction of sp³-hybridized carbons (Fsp3) is 0.667. The van der Waals surface area contributed by atoms with E-state index in [2.05, 4.69) is 13.8 Å². The summed E-state index contributed by atoms with van der Waals surface area (Å²) in [5.41, 5.74) is 6.74. The minimum atomic E-state index is -0.279. The highest BCUT2D eigenvalue weighted by Gasteiger charge is 2.11. The average Bonchev–Trinajstić information content (AvgIpc) is 2.74. The number of carbonyl (C=O) groups excluding carboxylic acids is 1. The highest BCUT2D eigenvalue weighted by atomic mass is 32.1. The molecule has 0 aliphatic rings. The quantitative estimate of drug-likeness (QED) is 0.665. The van der Waals surface area contributed by atoms with Gasteiger partial charge in [0.25, 0.3) is 5.91 Å². The van der Waals surface area contributed by atoms with Crippen LogP contribution in [0.15, 0.2) is 6.07 Å². The summed E-state index contributed by atoms with van der Waals surface area (Å²) in [5.74, 6) is -0.279. The first-order valence-electron chi connectivity index (χ1n) is 7.10. The van der Waals surface area contributed by atoms with E-state index in [1.54, 1.807) is 11.3 Å². The highest BCUT2D eigenvalue weighted by molar-refractivity contribution is 7.14. The molecule has 0 fully saturated rings. The van der Waals surface area contributed by atoms with Crippen molar-refractivity contribution >= 4 is 17.2 Å². The first-order valence-corrected chi connectivity index (χ1v) is 7.92. The Morgan fingerprint density at radius 3 is 2.28 bits per heavy atom. The minimum absolute atomic E-state index is 0.279. The smallest absolute Gasteiger partial charge is 0.258 e. The topological polar surface area (TPSA) is 43.1 Å². The third-order valence-electron chi connectivity index (χ3n) is 3.20. The predicted octanol–water partition coefficient (Wildman–Crippen LogP) is 4.31. The van der Waals surface area contributed by atoms with Crippen LogP contribution in [0.5, 0.6) is 0 Å². The molecule has 0 aromatic carbocycles. The molecule has 1 aromatic heterocycles. The van der Waals surface area contributed by atoms with Gasteiger partial charge >= 0.3 is 0 Å². The Hall–Kier alpha value is -0.830. The molecule has 3 heteroatoms. The van der Waals surface area contributed by atoms with Crippen LogP contribution in [0.2, 0.25) is 0 Å². The summed E-state index contributed by atoms with van der Waals surface area (Å²) >= 11 is 1.60. The van der Waals surface area contributed by atoms with Crippen LogP contribution in [0.25, 0.3) is 0 Å². The summed E-state index contributed by atoms with van der Waals surface area (Å²) in [5, 5.41) is 0. The zero-order valence-electron chi connectivity index (χ0n) is 11.6. The Kier molecular flexibility index (Phi) is 7.02. The van der Waals surface area contributed by atoms with Gasteiger partial charge in [0.1, 0.15) is 0 Å². The number of thiophene rings is 1. The number of rotatable bonds is 9. The summed E-state index contributed by atoms with van der Waals surface area (Å²) < 4.78 is 0. The lowest BCUT2D eigenvalue weighted by atomic mass is 10.0. The van der Waals surface area contributed by atoms with Crippen molar-refractivity contribution in [3.63, 3.8) is 0 Å². The molecule has 1 amide bonds. The molecule has 1 aromatic rings. The Morgan fingerprint density at radius 1 is 1.11 bits per heavy atom. The van der Waals surface area contributed by atoms with Crippen molar-refractivity contribution in [2.24, 2.45) is 5.73 Å². The van der Waals surface area contributed by atoms with Crippen LogP contribution in [-0.2, 0) is 12.8 Å². The molecule has 0 saturated carbocycles. The second-order valence-corrected chi connectivity index (χ2v) is 5.97. The van der Waals surface area contributed by atoms with Gasteiger partial charge < -0.3 is 5.73 Å². The molecule has 0 spiro atoms. The van der Waals surface area contributed by atoms with Crippen molar-refractivity contribution in [1.29, 1.82) is 0 Å². The first-order chi connectivity index (χ1) is 8.69. The fourth-order valence-electron chi connectivity index (χ4n) is 2.11. The van der Waals surface area contributed by atoms with Crippen molar-refractivity contribution in [2.45, 2.75) is 65.2 Å². The number of hydrogen-bond acceptors (Lipinski definition) is 2. The average molecular weight is 267 g/mol. The zero-order valence-corrected chi connectivity index (χ0v) is 12.4. The summed E-state index contributed by atoms with van der Waals surface area (Å²) in [4.78, 5) is 13.4. The monoisotopic (exact) mass is 267 g/mol. The molecule has 0 radical (unpaired) electrons. The predicted molar refractivity (Wildman–Crippen MR) is 79.3 cm³/mol. The van der Waals surface area contributed by atoms with Crippen LogP contribution in [-0.4, -0.2) is 5.91 Å². The van der Waals surface area contributed by atoms with E-state index >= 15 is 0 Å². The third-order valence-corrected chi connectivity index (χ3v) is 4.45. The van der Waals surface area contributed by atoms with Crippen LogP contribution in [0.4, 0.5) is 0 Å². The van der Waals surface area contributed by atoms with Gasteiger partial charge in [0, 0.05) is 4.88 Å². The standard InChI is InChI=1S/C15H25NOS/c1-3-5-7-9-12-11-14(15(16)17)18-13(12)10-8-6-4-2/h11H,3-10H2,1-2H3,(H2,16,17). The van der Waals surface area contributed by atoms with E-state index in [1.807, 2.05) is 6.07 Å². The van der Waals surface area contributed by atoms with E-state index in [4.69, 9.17) is 5.73 Å². The molecule has 0 aliphatic heterocycles. The molecule has 2 N–H and O–H groups in total. The fourth-order valence-corrected chi connectivity index (χ4v) is 3.22. The molecule has 0 aliphatic carbocycles. The number of unbranched alkanes of at least 4 members (excludes halogenated alkanes) is 4. The van der Waals surface area contributed by atoms with Crippen molar-refractivity contribution in [1.82, 2.24) is 0 Å². The Morgan fingerprint density at radius 2 is 1.72 bits per heavy atom. The maximum absolute atomic E-state index is 11.3. The molecule has 0 unspecified atom stereocenters. The largest absolute Gasteiger partial charge is 0.365 e. The lowest BCUT2D eigenvalue weighted by molar-refractivity contribution is 0.100. The van der Waals surface area contributed by atoms with Crippen molar-refractivity contribution < 1.29 is 4.79 Å². The second-order valence-electron chi connectivity index (χ2n) is 4.84. The van der Waals surface area contributed by atoms with Crippen LogP contribution < -0.4 is 5.73 Å². The zero-order chi connectivity index (χ0) is 13.4. The lowest BCUT2D eigenvalue weighted by Gasteiger charge is -2.03. The number of primary amides is 1. The van der Waals surface area contributed by atoms with Gasteiger partial charge in [-0.1, -0.05) is 39.5 Å². The first kappa shape index (κ1) is 15.2. The van der Waals surface area contributed by atoms with Crippen molar-refractivity contribution in [3.8, 4) is 0 Å². The second kappa shape index (κ2) is 8.30. The molecule has 1 heterocycles. The van der Waals surface area contributed by atoms with Gasteiger partial charge in [-0.25, -0.2) is 0 Å². The van der Waals surface area contributed by atoms with Gasteiger partial charge in [0.05, 0.1) is 4.88 Å². The summed E-state index contributed by atoms with van der Waals surface area (Å²) in [6, 6.07) is 2.02. The third kappa shape index (κ3) is 4.81. The van der Waals surface area contributed by atoms with Crippen LogP contribution >= 0.6 is 11.3 Å².